The Morgan fingerprint density at radius 1 is 1.57 bits per heavy atom. The minimum Gasteiger partial charge on any atom is -0.350 e. The molecule has 0 fully saturated rings. The quantitative estimate of drug-likeness (QED) is 0.548. The molecule has 4 nitrogen and oxygen atoms in total. The summed E-state index contributed by atoms with van der Waals surface area (Å²) < 4.78 is 0. The third kappa shape index (κ3) is 2.90. The predicted octanol–water partition coefficient (Wildman–Crippen LogP) is 1.25. The Labute approximate surface area is 82.8 Å². The number of urea groups is 1. The lowest BCUT2D eigenvalue weighted by Gasteiger charge is -2.00. The van der Waals surface area contributed by atoms with E-state index in [0.29, 0.717) is 0 Å². The Kier molecular flexibility index (Phi) is 3.67. The van der Waals surface area contributed by atoms with Gasteiger partial charge in [-0.3, -0.25) is 0 Å². The Bertz CT molecular complexity index is 347. The predicted molar refractivity (Wildman–Crippen MR) is 56.1 cm³/mol. The molecular formula is C10H13N3O. The van der Waals surface area contributed by atoms with Crippen molar-refractivity contribution in [2.75, 3.05) is 0 Å². The molecule has 0 aliphatic heterocycles. The molecule has 0 saturated heterocycles. The van der Waals surface area contributed by atoms with Crippen LogP contribution in [0.15, 0.2) is 29.4 Å². The zero-order valence-electron chi connectivity index (χ0n) is 8.03. The highest BCUT2D eigenvalue weighted by Crippen LogP contribution is 2.06. The van der Waals surface area contributed by atoms with Crippen LogP contribution in [0.4, 0.5) is 4.79 Å². The number of nitrogens with two attached hydrogens (primary N) is 1. The summed E-state index contributed by atoms with van der Waals surface area (Å²) in [7, 11) is 0. The number of hydrogen-bond acceptors (Lipinski definition) is 2. The first-order valence-electron chi connectivity index (χ1n) is 4.40. The third-order valence-electron chi connectivity index (χ3n) is 1.81. The SMILES string of the molecule is CCc1ccccc1C=NNC(N)=O. The molecule has 0 heterocycles. The number of rotatable bonds is 3. The Balaban J connectivity index is 2.75. The van der Waals surface area contributed by atoms with E-state index >= 15 is 0 Å². The zero-order chi connectivity index (χ0) is 10.4. The van der Waals surface area contributed by atoms with Gasteiger partial charge in [-0.2, -0.15) is 5.10 Å². The number of carbonyl (C=O) groups excluding carboxylic acids is 1. The van der Waals surface area contributed by atoms with Crippen LogP contribution in [0.25, 0.3) is 0 Å². The summed E-state index contributed by atoms with van der Waals surface area (Å²) in [5, 5.41) is 3.70. The number of carbonyl (C=O) groups is 1. The van der Waals surface area contributed by atoms with Crippen LogP contribution in [-0.4, -0.2) is 12.2 Å². The van der Waals surface area contributed by atoms with Crippen molar-refractivity contribution in [3.05, 3.63) is 35.4 Å². The second kappa shape index (κ2) is 5.01. The molecule has 0 aliphatic rings. The van der Waals surface area contributed by atoms with Gasteiger partial charge in [0.25, 0.3) is 0 Å². The molecule has 74 valence electrons. The molecule has 0 aliphatic carbocycles. The molecule has 0 spiro atoms. The molecule has 1 aromatic rings. The molecule has 4 heteroatoms. The van der Waals surface area contributed by atoms with Gasteiger partial charge < -0.3 is 5.73 Å². The fourth-order valence-electron chi connectivity index (χ4n) is 1.15. The fourth-order valence-corrected chi connectivity index (χ4v) is 1.15. The van der Waals surface area contributed by atoms with E-state index in [2.05, 4.69) is 17.5 Å². The van der Waals surface area contributed by atoms with Crippen LogP contribution < -0.4 is 11.2 Å². The summed E-state index contributed by atoms with van der Waals surface area (Å²) in [5.74, 6) is 0. The molecule has 0 unspecified atom stereocenters. The van der Waals surface area contributed by atoms with E-state index in [1.54, 1.807) is 6.21 Å². The molecular weight excluding hydrogens is 178 g/mol. The number of benzene rings is 1. The molecule has 0 atom stereocenters. The van der Waals surface area contributed by atoms with Gasteiger partial charge in [-0.15, -0.1) is 0 Å². The topological polar surface area (TPSA) is 67.5 Å². The van der Waals surface area contributed by atoms with Crippen LogP contribution >= 0.6 is 0 Å². The molecule has 2 amide bonds. The van der Waals surface area contributed by atoms with Gasteiger partial charge in [0.1, 0.15) is 0 Å². The van der Waals surface area contributed by atoms with E-state index in [0.717, 1.165) is 12.0 Å². The summed E-state index contributed by atoms with van der Waals surface area (Å²) in [5.41, 5.74) is 9.19. The number of hydrogen-bond donors (Lipinski definition) is 2. The fraction of sp³-hybridized carbons (Fsp3) is 0.200. The molecule has 0 saturated carbocycles. The number of hydrazone groups is 1. The standard InChI is InChI=1S/C10H13N3O/c1-2-8-5-3-4-6-9(8)7-12-13-10(11)14/h3-7H,2H2,1H3,(H3,11,13,14). The molecule has 3 N–H and O–H groups in total. The highest BCUT2D eigenvalue weighted by atomic mass is 16.2. The largest absolute Gasteiger partial charge is 0.350 e. The second-order valence-electron chi connectivity index (χ2n) is 2.79. The second-order valence-corrected chi connectivity index (χ2v) is 2.79. The molecule has 14 heavy (non-hydrogen) atoms. The number of nitrogens with one attached hydrogen (secondary N) is 1. The van der Waals surface area contributed by atoms with E-state index in [-0.39, 0.29) is 0 Å². The van der Waals surface area contributed by atoms with Gasteiger partial charge >= 0.3 is 6.03 Å². The van der Waals surface area contributed by atoms with Crippen LogP contribution in [0.3, 0.4) is 0 Å². The molecule has 1 rings (SSSR count). The van der Waals surface area contributed by atoms with Gasteiger partial charge in [-0.05, 0) is 17.5 Å². The van der Waals surface area contributed by atoms with Gasteiger partial charge in [0, 0.05) is 0 Å². The number of aryl methyl sites for hydroxylation is 1. The van der Waals surface area contributed by atoms with Gasteiger partial charge in [-0.25, -0.2) is 10.2 Å². The number of amides is 2. The van der Waals surface area contributed by atoms with Crippen molar-refractivity contribution >= 4 is 12.2 Å². The van der Waals surface area contributed by atoms with Crippen molar-refractivity contribution in [2.45, 2.75) is 13.3 Å². The Hall–Kier alpha value is -1.84. The van der Waals surface area contributed by atoms with Crippen LogP contribution in [0, 0.1) is 0 Å². The van der Waals surface area contributed by atoms with Crippen LogP contribution in [0.1, 0.15) is 18.1 Å². The third-order valence-corrected chi connectivity index (χ3v) is 1.81. The molecule has 0 bridgehead atoms. The minimum absolute atomic E-state index is 0.657. The van der Waals surface area contributed by atoms with Crippen molar-refractivity contribution < 1.29 is 4.79 Å². The smallest absolute Gasteiger partial charge is 0.332 e. The normalized spacial score (nSPS) is 10.4. The van der Waals surface area contributed by atoms with Gasteiger partial charge in [-0.1, -0.05) is 31.2 Å². The summed E-state index contributed by atoms with van der Waals surface area (Å²) in [6, 6.07) is 7.19. The van der Waals surface area contributed by atoms with E-state index in [1.165, 1.54) is 5.56 Å². The molecule has 1 aromatic carbocycles. The summed E-state index contributed by atoms with van der Waals surface area (Å²) in [6.07, 6.45) is 2.52. The van der Waals surface area contributed by atoms with Crippen molar-refractivity contribution in [1.29, 1.82) is 0 Å². The van der Waals surface area contributed by atoms with Crippen molar-refractivity contribution in [3.8, 4) is 0 Å². The van der Waals surface area contributed by atoms with E-state index in [1.807, 2.05) is 24.3 Å². The number of nitrogens with zero attached hydrogens (tertiary/aromatic N) is 1. The summed E-state index contributed by atoms with van der Waals surface area (Å²) >= 11 is 0. The summed E-state index contributed by atoms with van der Waals surface area (Å²) in [4.78, 5) is 10.3. The van der Waals surface area contributed by atoms with E-state index in [4.69, 9.17) is 5.73 Å². The molecule has 0 aromatic heterocycles. The summed E-state index contributed by atoms with van der Waals surface area (Å²) in [6.45, 7) is 2.06. The van der Waals surface area contributed by atoms with Crippen LogP contribution in [-0.2, 0) is 6.42 Å². The van der Waals surface area contributed by atoms with Gasteiger partial charge in [0.15, 0.2) is 0 Å². The highest BCUT2D eigenvalue weighted by molar-refractivity contribution is 5.83. The maximum Gasteiger partial charge on any atom is 0.332 e. The lowest BCUT2D eigenvalue weighted by molar-refractivity contribution is 0.249. The van der Waals surface area contributed by atoms with Crippen LogP contribution in [0.2, 0.25) is 0 Å². The maximum absolute atomic E-state index is 10.3. The van der Waals surface area contributed by atoms with Crippen LogP contribution in [0.5, 0.6) is 0 Å². The van der Waals surface area contributed by atoms with Crippen molar-refractivity contribution in [3.63, 3.8) is 0 Å². The first-order chi connectivity index (χ1) is 6.74. The van der Waals surface area contributed by atoms with Crippen molar-refractivity contribution in [2.24, 2.45) is 10.8 Å². The lowest BCUT2D eigenvalue weighted by Crippen LogP contribution is -2.24. The Morgan fingerprint density at radius 2 is 2.29 bits per heavy atom. The van der Waals surface area contributed by atoms with Crippen molar-refractivity contribution in [1.82, 2.24) is 5.43 Å². The van der Waals surface area contributed by atoms with Gasteiger partial charge in [0.05, 0.1) is 6.21 Å². The minimum atomic E-state index is -0.657. The monoisotopic (exact) mass is 191 g/mol. The van der Waals surface area contributed by atoms with Gasteiger partial charge in [0.2, 0.25) is 0 Å². The maximum atomic E-state index is 10.3. The number of primary amides is 1. The molecule has 0 radical (unpaired) electrons. The van der Waals surface area contributed by atoms with E-state index in [9.17, 15) is 4.79 Å². The average Bonchev–Trinajstić information content (AvgIpc) is 2.18. The average molecular weight is 191 g/mol. The first-order valence-corrected chi connectivity index (χ1v) is 4.40. The zero-order valence-corrected chi connectivity index (χ0v) is 8.03. The first kappa shape index (κ1) is 10.2. The lowest BCUT2D eigenvalue weighted by atomic mass is 10.1. The highest BCUT2D eigenvalue weighted by Gasteiger charge is 1.95. The Morgan fingerprint density at radius 3 is 2.93 bits per heavy atom. The van der Waals surface area contributed by atoms with E-state index < -0.39 is 6.03 Å².